The molecular weight excluding hydrogens is 390 g/mol. The first kappa shape index (κ1) is 21.7. The van der Waals surface area contributed by atoms with Crippen molar-refractivity contribution in [1.29, 1.82) is 0 Å². The van der Waals surface area contributed by atoms with Crippen molar-refractivity contribution in [3.8, 4) is 0 Å². The largest absolute Gasteiger partial charge is 0.381 e. The Morgan fingerprint density at radius 2 is 2.00 bits per heavy atom. The highest BCUT2D eigenvalue weighted by Crippen LogP contribution is 2.36. The molecule has 2 aliphatic heterocycles. The number of amides is 1. The number of ether oxygens (including phenoxy) is 1. The molecular formula is C21H30ClN5O2. The number of piperidine rings is 1. The van der Waals surface area contributed by atoms with Gasteiger partial charge >= 0.3 is 0 Å². The van der Waals surface area contributed by atoms with Crippen LogP contribution in [0.1, 0.15) is 53.3 Å². The first-order valence-electron chi connectivity index (χ1n) is 10.2. The lowest BCUT2D eigenvalue weighted by molar-refractivity contribution is 0.0484. The molecule has 1 aromatic heterocycles. The van der Waals surface area contributed by atoms with Crippen LogP contribution in [0.4, 0.5) is 0 Å². The van der Waals surface area contributed by atoms with E-state index < -0.39 is 0 Å². The smallest absolute Gasteiger partial charge is 0.273 e. The molecule has 7 nitrogen and oxygen atoms in total. The summed E-state index contributed by atoms with van der Waals surface area (Å²) in [5.41, 5.74) is 2.86. The average molecular weight is 420 g/mol. The predicted molar refractivity (Wildman–Crippen MR) is 114 cm³/mol. The van der Waals surface area contributed by atoms with E-state index in [1.54, 1.807) is 6.20 Å². The SMILES string of the molecule is Cc1ccccc1C1(CNC(=O)c2cn(C3CCNCC3)nn2)CCOCC1.Cl. The Morgan fingerprint density at radius 1 is 1.28 bits per heavy atom. The second-order valence-corrected chi connectivity index (χ2v) is 7.96. The Kier molecular flexibility index (Phi) is 7.27. The third-order valence-corrected chi connectivity index (χ3v) is 6.18. The van der Waals surface area contributed by atoms with Gasteiger partial charge in [0, 0.05) is 25.2 Å². The molecule has 0 radical (unpaired) electrons. The minimum atomic E-state index is -0.153. The number of aryl methyl sites for hydroxylation is 1. The number of hydrogen-bond acceptors (Lipinski definition) is 5. The van der Waals surface area contributed by atoms with Crippen LogP contribution in [0, 0.1) is 6.92 Å². The fourth-order valence-corrected chi connectivity index (χ4v) is 4.44. The van der Waals surface area contributed by atoms with E-state index in [-0.39, 0.29) is 23.7 Å². The van der Waals surface area contributed by atoms with Gasteiger partial charge in [0.2, 0.25) is 0 Å². The summed E-state index contributed by atoms with van der Waals surface area (Å²) in [6, 6.07) is 8.78. The summed E-state index contributed by atoms with van der Waals surface area (Å²) in [5.74, 6) is -0.153. The lowest BCUT2D eigenvalue weighted by atomic mass is 9.72. The van der Waals surface area contributed by atoms with Crippen molar-refractivity contribution < 1.29 is 9.53 Å². The number of rotatable bonds is 5. The maximum absolute atomic E-state index is 12.8. The number of halogens is 1. The summed E-state index contributed by atoms with van der Waals surface area (Å²) >= 11 is 0. The summed E-state index contributed by atoms with van der Waals surface area (Å²) in [4.78, 5) is 12.8. The van der Waals surface area contributed by atoms with Crippen molar-refractivity contribution in [3.63, 3.8) is 0 Å². The molecule has 2 aromatic rings. The molecule has 0 atom stereocenters. The summed E-state index contributed by atoms with van der Waals surface area (Å²) in [7, 11) is 0. The van der Waals surface area contributed by atoms with Crippen LogP contribution in [0.15, 0.2) is 30.5 Å². The zero-order valence-electron chi connectivity index (χ0n) is 16.9. The third-order valence-electron chi connectivity index (χ3n) is 6.18. The number of hydrogen-bond donors (Lipinski definition) is 2. The number of nitrogens with one attached hydrogen (secondary N) is 2. The molecule has 4 rings (SSSR count). The molecule has 3 heterocycles. The maximum Gasteiger partial charge on any atom is 0.273 e. The number of aromatic nitrogens is 3. The fourth-order valence-electron chi connectivity index (χ4n) is 4.44. The Hall–Kier alpha value is -1.96. The highest BCUT2D eigenvalue weighted by atomic mass is 35.5. The van der Waals surface area contributed by atoms with Crippen LogP contribution in [0.5, 0.6) is 0 Å². The molecule has 2 saturated heterocycles. The maximum atomic E-state index is 12.8. The second kappa shape index (κ2) is 9.69. The van der Waals surface area contributed by atoms with Crippen molar-refractivity contribution in [2.45, 2.75) is 44.1 Å². The zero-order valence-corrected chi connectivity index (χ0v) is 17.7. The van der Waals surface area contributed by atoms with E-state index in [1.165, 1.54) is 11.1 Å². The monoisotopic (exact) mass is 419 g/mol. The molecule has 0 unspecified atom stereocenters. The van der Waals surface area contributed by atoms with Crippen molar-refractivity contribution in [2.75, 3.05) is 32.8 Å². The summed E-state index contributed by atoms with van der Waals surface area (Å²) in [6.07, 6.45) is 5.62. The molecule has 0 bridgehead atoms. The predicted octanol–water partition coefficient (Wildman–Crippen LogP) is 2.41. The summed E-state index contributed by atoms with van der Waals surface area (Å²) in [5, 5.41) is 14.8. The lowest BCUT2D eigenvalue weighted by Gasteiger charge is -2.38. The molecule has 2 fully saturated rings. The van der Waals surface area contributed by atoms with Crippen LogP contribution >= 0.6 is 12.4 Å². The average Bonchev–Trinajstić information content (AvgIpc) is 3.24. The third kappa shape index (κ3) is 4.79. The Bertz CT molecular complexity index is 813. The molecule has 8 heteroatoms. The van der Waals surface area contributed by atoms with E-state index in [0.717, 1.165) is 52.0 Å². The van der Waals surface area contributed by atoms with Crippen molar-refractivity contribution in [2.24, 2.45) is 0 Å². The topological polar surface area (TPSA) is 81.1 Å². The molecule has 29 heavy (non-hydrogen) atoms. The lowest BCUT2D eigenvalue weighted by Crippen LogP contribution is -2.45. The van der Waals surface area contributed by atoms with E-state index in [2.05, 4.69) is 52.1 Å². The minimum Gasteiger partial charge on any atom is -0.381 e. The van der Waals surface area contributed by atoms with Gasteiger partial charge in [-0.25, -0.2) is 4.68 Å². The molecule has 0 aliphatic carbocycles. The quantitative estimate of drug-likeness (QED) is 0.777. The van der Waals surface area contributed by atoms with Gasteiger partial charge in [-0.2, -0.15) is 0 Å². The first-order chi connectivity index (χ1) is 13.7. The Balaban J connectivity index is 0.00000240. The molecule has 2 aliphatic rings. The van der Waals surface area contributed by atoms with E-state index in [9.17, 15) is 4.79 Å². The Morgan fingerprint density at radius 3 is 2.72 bits per heavy atom. The minimum absolute atomic E-state index is 0. The highest BCUT2D eigenvalue weighted by Gasteiger charge is 2.36. The molecule has 0 spiro atoms. The van der Waals surface area contributed by atoms with Gasteiger partial charge in [0.1, 0.15) is 0 Å². The standard InChI is InChI=1S/C21H29N5O2.ClH/c1-16-4-2-3-5-18(16)21(8-12-28-13-9-21)15-23-20(27)19-14-26(25-24-19)17-6-10-22-11-7-17;/h2-5,14,17,22H,6-13,15H2,1H3,(H,23,27);1H. The summed E-state index contributed by atoms with van der Waals surface area (Å²) < 4.78 is 7.45. The van der Waals surface area contributed by atoms with Crippen LogP contribution in [-0.2, 0) is 10.2 Å². The van der Waals surface area contributed by atoms with E-state index in [4.69, 9.17) is 4.74 Å². The van der Waals surface area contributed by atoms with Crippen LogP contribution in [-0.4, -0.2) is 53.7 Å². The van der Waals surface area contributed by atoms with Gasteiger partial charge in [-0.1, -0.05) is 29.5 Å². The van der Waals surface area contributed by atoms with E-state index in [1.807, 2.05) is 4.68 Å². The number of nitrogens with zero attached hydrogens (tertiary/aromatic N) is 3. The number of carbonyl (C=O) groups excluding carboxylic acids is 1. The van der Waals surface area contributed by atoms with Crippen molar-refractivity contribution in [3.05, 3.63) is 47.3 Å². The van der Waals surface area contributed by atoms with Gasteiger partial charge in [0.05, 0.1) is 12.2 Å². The van der Waals surface area contributed by atoms with Gasteiger partial charge in [-0.15, -0.1) is 17.5 Å². The first-order valence-corrected chi connectivity index (χ1v) is 10.2. The van der Waals surface area contributed by atoms with Gasteiger partial charge < -0.3 is 15.4 Å². The van der Waals surface area contributed by atoms with Gasteiger partial charge in [0.15, 0.2) is 5.69 Å². The second-order valence-electron chi connectivity index (χ2n) is 7.96. The molecule has 1 amide bonds. The fraction of sp³-hybridized carbons (Fsp3) is 0.571. The van der Waals surface area contributed by atoms with Crippen molar-refractivity contribution in [1.82, 2.24) is 25.6 Å². The molecule has 2 N–H and O–H groups in total. The van der Waals surface area contributed by atoms with Gasteiger partial charge in [-0.3, -0.25) is 4.79 Å². The molecule has 158 valence electrons. The highest BCUT2D eigenvalue weighted by molar-refractivity contribution is 5.91. The molecule has 0 saturated carbocycles. The number of benzene rings is 1. The number of carbonyl (C=O) groups is 1. The Labute approximate surface area is 178 Å². The van der Waals surface area contributed by atoms with Crippen LogP contribution in [0.25, 0.3) is 0 Å². The normalized spacial score (nSPS) is 19.3. The van der Waals surface area contributed by atoms with Gasteiger partial charge in [0.25, 0.3) is 5.91 Å². The van der Waals surface area contributed by atoms with E-state index >= 15 is 0 Å². The zero-order chi connectivity index (χ0) is 19.4. The van der Waals surface area contributed by atoms with Gasteiger partial charge in [-0.05, 0) is 56.8 Å². The van der Waals surface area contributed by atoms with E-state index in [0.29, 0.717) is 18.3 Å². The molecule has 1 aromatic carbocycles. The summed E-state index contributed by atoms with van der Waals surface area (Å²) in [6.45, 7) is 6.12. The van der Waals surface area contributed by atoms with Crippen LogP contribution in [0.2, 0.25) is 0 Å². The van der Waals surface area contributed by atoms with Crippen LogP contribution < -0.4 is 10.6 Å². The van der Waals surface area contributed by atoms with Crippen molar-refractivity contribution >= 4 is 18.3 Å². The van der Waals surface area contributed by atoms with Crippen LogP contribution in [0.3, 0.4) is 0 Å².